The van der Waals surface area contributed by atoms with Crippen LogP contribution in [0.5, 0.6) is 5.75 Å². The van der Waals surface area contributed by atoms with Gasteiger partial charge in [0.2, 0.25) is 5.75 Å². The van der Waals surface area contributed by atoms with Crippen LogP contribution in [0.15, 0.2) is 36.7 Å². The lowest BCUT2D eigenvalue weighted by Crippen LogP contribution is -2.38. The number of nitro benzene ring substituents is 1. The molecule has 0 atom stereocenters. The number of nitro groups is 1. The molecule has 1 amide bonds. The van der Waals surface area contributed by atoms with Crippen molar-refractivity contribution in [3.8, 4) is 5.75 Å². The lowest BCUT2D eigenvalue weighted by Gasteiger charge is -2.30. The number of amides is 1. The molecule has 7 nitrogen and oxygen atoms in total. The lowest BCUT2D eigenvalue weighted by molar-refractivity contribution is -0.385. The predicted molar refractivity (Wildman–Crippen MR) is 101 cm³/mol. The smallest absolute Gasteiger partial charge is 0.312 e. The molecule has 0 aliphatic carbocycles. The Morgan fingerprint density at radius 2 is 2.11 bits per heavy atom. The molecule has 0 bridgehead atoms. The molecule has 0 radical (unpaired) electrons. The highest BCUT2D eigenvalue weighted by atomic mass is 35.5. The van der Waals surface area contributed by atoms with Gasteiger partial charge in [0.05, 0.1) is 15.5 Å². The maximum Gasteiger partial charge on any atom is 0.312 e. The number of hydrogen-bond donors (Lipinski definition) is 0. The van der Waals surface area contributed by atoms with E-state index in [1.807, 2.05) is 4.90 Å². The summed E-state index contributed by atoms with van der Waals surface area (Å²) in [5, 5.41) is 11.3. The topological polar surface area (TPSA) is 85.6 Å². The maximum atomic E-state index is 12.7. The molecule has 0 N–H and O–H groups in total. The largest absolute Gasteiger partial charge is 0.481 e. The molecule has 0 spiro atoms. The number of pyridine rings is 1. The molecule has 2 aromatic rings. The summed E-state index contributed by atoms with van der Waals surface area (Å²) in [6, 6.07) is 6.06. The fraction of sp³-hybridized carbons (Fsp3) is 0.368. The molecule has 0 unspecified atom stereocenters. The van der Waals surface area contributed by atoms with Crippen molar-refractivity contribution in [1.29, 1.82) is 0 Å². The van der Waals surface area contributed by atoms with Crippen LogP contribution >= 0.6 is 11.6 Å². The average molecular weight is 390 g/mol. The van der Waals surface area contributed by atoms with Crippen molar-refractivity contribution in [1.82, 2.24) is 9.88 Å². The molecule has 142 valence electrons. The summed E-state index contributed by atoms with van der Waals surface area (Å²) in [5.41, 5.74) is 0.921. The third kappa shape index (κ3) is 4.54. The molecular weight excluding hydrogens is 370 g/mol. The van der Waals surface area contributed by atoms with Gasteiger partial charge in [-0.3, -0.25) is 19.9 Å². The first kappa shape index (κ1) is 19.1. The third-order valence-electron chi connectivity index (χ3n) is 4.64. The Labute approximate surface area is 162 Å². The fourth-order valence-corrected chi connectivity index (χ4v) is 3.24. The molecule has 1 saturated heterocycles. The molecule has 0 saturated carbocycles. The molecule has 1 aliphatic rings. The van der Waals surface area contributed by atoms with Crippen molar-refractivity contribution in [2.75, 3.05) is 13.1 Å². The number of aromatic nitrogens is 1. The monoisotopic (exact) mass is 389 g/mol. The van der Waals surface area contributed by atoms with E-state index in [2.05, 4.69) is 11.9 Å². The highest BCUT2D eigenvalue weighted by Gasteiger charge is 2.22. The normalized spacial score (nSPS) is 14.8. The zero-order chi connectivity index (χ0) is 19.4. The van der Waals surface area contributed by atoms with E-state index < -0.39 is 4.92 Å². The Balaban J connectivity index is 1.72. The number of piperidine rings is 1. The van der Waals surface area contributed by atoms with Gasteiger partial charge in [-0.05, 0) is 30.9 Å². The Morgan fingerprint density at radius 3 is 2.81 bits per heavy atom. The number of halogens is 1. The molecule has 8 heteroatoms. The molecule has 1 fully saturated rings. The van der Waals surface area contributed by atoms with Crippen LogP contribution in [0.25, 0.3) is 0 Å². The maximum absolute atomic E-state index is 12.7. The van der Waals surface area contributed by atoms with Crippen molar-refractivity contribution in [2.24, 2.45) is 5.92 Å². The summed E-state index contributed by atoms with van der Waals surface area (Å²) in [5.74, 6) is 0.587. The fourth-order valence-electron chi connectivity index (χ4n) is 3.02. The summed E-state index contributed by atoms with van der Waals surface area (Å²) >= 11 is 6.03. The van der Waals surface area contributed by atoms with Crippen molar-refractivity contribution in [2.45, 2.75) is 26.4 Å². The highest BCUT2D eigenvalue weighted by molar-refractivity contribution is 6.32. The molecule has 1 aromatic carbocycles. The van der Waals surface area contributed by atoms with Crippen LogP contribution < -0.4 is 4.74 Å². The van der Waals surface area contributed by atoms with Crippen molar-refractivity contribution in [3.63, 3.8) is 0 Å². The summed E-state index contributed by atoms with van der Waals surface area (Å²) < 4.78 is 5.57. The van der Waals surface area contributed by atoms with Gasteiger partial charge in [0.15, 0.2) is 0 Å². The molecule has 2 heterocycles. The number of rotatable bonds is 5. The first-order chi connectivity index (χ1) is 13.0. The van der Waals surface area contributed by atoms with E-state index in [0.717, 1.165) is 25.9 Å². The van der Waals surface area contributed by atoms with Gasteiger partial charge < -0.3 is 9.64 Å². The average Bonchev–Trinajstić information content (AvgIpc) is 2.67. The van der Waals surface area contributed by atoms with Gasteiger partial charge >= 0.3 is 5.69 Å². The van der Waals surface area contributed by atoms with Crippen LogP contribution in [0.2, 0.25) is 5.02 Å². The standard InChI is InChI=1S/C19H20ClN3O4/c1-13-5-7-22(8-6-13)19(24)15-9-14(10-21-11-15)12-27-18-16(20)3-2-4-17(18)23(25)26/h2-4,9-11,13H,5-8,12H2,1H3. The van der Waals surface area contributed by atoms with Crippen molar-refractivity contribution in [3.05, 3.63) is 62.9 Å². The number of benzene rings is 1. The van der Waals surface area contributed by atoms with E-state index in [9.17, 15) is 14.9 Å². The summed E-state index contributed by atoms with van der Waals surface area (Å²) in [7, 11) is 0. The summed E-state index contributed by atoms with van der Waals surface area (Å²) in [6.45, 7) is 3.70. The first-order valence-electron chi connectivity index (χ1n) is 8.74. The Morgan fingerprint density at radius 1 is 1.37 bits per heavy atom. The molecule has 1 aliphatic heterocycles. The van der Waals surface area contributed by atoms with Gasteiger partial charge in [0, 0.05) is 37.1 Å². The second kappa shape index (κ2) is 8.35. The van der Waals surface area contributed by atoms with Crippen LogP contribution in [0.1, 0.15) is 35.7 Å². The highest BCUT2D eigenvalue weighted by Crippen LogP contribution is 2.34. The van der Waals surface area contributed by atoms with E-state index in [1.165, 1.54) is 24.4 Å². The van der Waals surface area contributed by atoms with Gasteiger partial charge in [-0.2, -0.15) is 0 Å². The molecular formula is C19H20ClN3O4. The first-order valence-corrected chi connectivity index (χ1v) is 9.12. The zero-order valence-electron chi connectivity index (χ0n) is 14.9. The number of nitrogens with zero attached hydrogens (tertiary/aromatic N) is 3. The van der Waals surface area contributed by atoms with Gasteiger partial charge in [-0.25, -0.2) is 0 Å². The van der Waals surface area contributed by atoms with Crippen molar-refractivity contribution < 1.29 is 14.5 Å². The number of ether oxygens (including phenoxy) is 1. The summed E-state index contributed by atoms with van der Waals surface area (Å²) in [4.78, 5) is 29.2. The van der Waals surface area contributed by atoms with Gasteiger partial charge in [0.25, 0.3) is 5.91 Å². The summed E-state index contributed by atoms with van der Waals surface area (Å²) in [6.07, 6.45) is 5.09. The van der Waals surface area contributed by atoms with Crippen LogP contribution in [-0.2, 0) is 6.61 Å². The number of para-hydroxylation sites is 1. The van der Waals surface area contributed by atoms with E-state index >= 15 is 0 Å². The Bertz CT molecular complexity index is 851. The quantitative estimate of drug-likeness (QED) is 0.567. The third-order valence-corrected chi connectivity index (χ3v) is 4.94. The van der Waals surface area contributed by atoms with E-state index in [1.54, 1.807) is 12.3 Å². The van der Waals surface area contributed by atoms with Gasteiger partial charge in [-0.1, -0.05) is 24.6 Å². The lowest BCUT2D eigenvalue weighted by atomic mass is 9.99. The molecule has 1 aromatic heterocycles. The van der Waals surface area contributed by atoms with Gasteiger partial charge in [0.1, 0.15) is 6.61 Å². The minimum atomic E-state index is -0.545. The molecule has 3 rings (SSSR count). The zero-order valence-corrected chi connectivity index (χ0v) is 15.7. The van der Waals surface area contributed by atoms with Crippen LogP contribution in [0.4, 0.5) is 5.69 Å². The number of hydrogen-bond acceptors (Lipinski definition) is 5. The van der Waals surface area contributed by atoms with Crippen molar-refractivity contribution >= 4 is 23.2 Å². The van der Waals surface area contributed by atoms with Crippen LogP contribution in [-0.4, -0.2) is 33.8 Å². The van der Waals surface area contributed by atoms with Gasteiger partial charge in [-0.15, -0.1) is 0 Å². The Kier molecular flexibility index (Phi) is 5.91. The SMILES string of the molecule is CC1CCN(C(=O)c2cncc(COc3c(Cl)cccc3[N+](=O)[O-])c2)CC1. The minimum Gasteiger partial charge on any atom is -0.481 e. The van der Waals surface area contributed by atoms with Crippen LogP contribution in [0.3, 0.4) is 0 Å². The Hall–Kier alpha value is -2.67. The van der Waals surface area contributed by atoms with E-state index in [-0.39, 0.29) is 29.0 Å². The van der Waals surface area contributed by atoms with E-state index in [0.29, 0.717) is 17.0 Å². The minimum absolute atomic E-state index is 0.00548. The van der Waals surface area contributed by atoms with E-state index in [4.69, 9.17) is 16.3 Å². The van der Waals surface area contributed by atoms with Crippen LogP contribution in [0, 0.1) is 16.0 Å². The number of carbonyl (C=O) groups is 1. The molecule has 27 heavy (non-hydrogen) atoms. The predicted octanol–water partition coefficient (Wildman–Crippen LogP) is 4.09. The number of carbonyl (C=O) groups excluding carboxylic acids is 1. The second-order valence-corrected chi connectivity index (χ2v) is 7.10. The number of likely N-dealkylation sites (tertiary alicyclic amines) is 1. The second-order valence-electron chi connectivity index (χ2n) is 6.69.